The summed E-state index contributed by atoms with van der Waals surface area (Å²) in [7, 11) is 0. The van der Waals surface area contributed by atoms with Gasteiger partial charge in [-0.25, -0.2) is 0 Å². The first kappa shape index (κ1) is 14.0. The topological polar surface area (TPSA) is 12.0 Å². The molecule has 1 heterocycles. The fourth-order valence-corrected chi connectivity index (χ4v) is 4.00. The van der Waals surface area contributed by atoms with Gasteiger partial charge in [0.1, 0.15) is 0 Å². The summed E-state index contributed by atoms with van der Waals surface area (Å²) >= 11 is 7.27. The minimum atomic E-state index is 0.887. The Morgan fingerprint density at radius 2 is 2.11 bits per heavy atom. The van der Waals surface area contributed by atoms with Gasteiger partial charge < -0.3 is 5.32 Å². The highest BCUT2D eigenvalue weighted by molar-refractivity contribution is 9.10. The maximum absolute atomic E-state index is 3.56. The van der Waals surface area contributed by atoms with Gasteiger partial charge in [-0.2, -0.15) is 0 Å². The fraction of sp³-hybridized carbons (Fsp3) is 0.286. The van der Waals surface area contributed by atoms with Gasteiger partial charge in [0.2, 0.25) is 0 Å². The first-order valence-electron chi connectivity index (χ1n) is 5.91. The van der Waals surface area contributed by atoms with Crippen LogP contribution in [0.15, 0.2) is 39.7 Å². The molecule has 0 unspecified atom stereocenters. The summed E-state index contributed by atoms with van der Waals surface area (Å²) < 4.78 is 1.21. The van der Waals surface area contributed by atoms with E-state index in [2.05, 4.69) is 65.4 Å². The molecule has 96 valence electrons. The van der Waals surface area contributed by atoms with E-state index < -0.39 is 0 Å². The number of hydrogen-bond donors (Lipinski definition) is 1. The van der Waals surface area contributed by atoms with Crippen molar-refractivity contribution in [3.63, 3.8) is 0 Å². The van der Waals surface area contributed by atoms with E-state index in [9.17, 15) is 0 Å². The Morgan fingerprint density at radius 1 is 1.33 bits per heavy atom. The van der Waals surface area contributed by atoms with Crippen LogP contribution in [0.5, 0.6) is 0 Å². The number of rotatable bonds is 5. The molecular formula is C14H16BrNS2. The third kappa shape index (κ3) is 3.53. The first-order valence-corrected chi connectivity index (χ1v) is 8.50. The van der Waals surface area contributed by atoms with Crippen LogP contribution in [0.4, 0.5) is 5.69 Å². The average molecular weight is 342 g/mol. The van der Waals surface area contributed by atoms with Crippen LogP contribution in [-0.2, 0) is 6.54 Å². The van der Waals surface area contributed by atoms with Gasteiger partial charge in [0.25, 0.3) is 0 Å². The highest BCUT2D eigenvalue weighted by atomic mass is 79.9. The van der Waals surface area contributed by atoms with Gasteiger partial charge in [0, 0.05) is 31.4 Å². The van der Waals surface area contributed by atoms with Crippen molar-refractivity contribution in [1.82, 2.24) is 0 Å². The number of hydrogen-bond acceptors (Lipinski definition) is 3. The van der Waals surface area contributed by atoms with Crippen molar-refractivity contribution in [3.05, 3.63) is 44.6 Å². The number of halogens is 1. The van der Waals surface area contributed by atoms with Crippen LogP contribution in [0.2, 0.25) is 0 Å². The number of thiophene rings is 1. The predicted octanol–water partition coefficient (Wildman–Crippen LogP) is 5.54. The van der Waals surface area contributed by atoms with Crippen LogP contribution >= 0.6 is 39.0 Å². The highest BCUT2D eigenvalue weighted by Crippen LogP contribution is 2.29. The van der Waals surface area contributed by atoms with E-state index in [-0.39, 0.29) is 0 Å². The molecule has 0 radical (unpaired) electrons. The SMILES string of the molecule is CCSc1ccccc1NCc1cc(Br)c(C)s1. The molecule has 1 nitrogen and oxygen atoms in total. The van der Waals surface area contributed by atoms with E-state index in [0.717, 1.165) is 12.3 Å². The van der Waals surface area contributed by atoms with Crippen molar-refractivity contribution in [2.75, 3.05) is 11.1 Å². The summed E-state index contributed by atoms with van der Waals surface area (Å²) in [5.74, 6) is 1.10. The summed E-state index contributed by atoms with van der Waals surface area (Å²) in [6.07, 6.45) is 0. The Hall–Kier alpha value is -0.450. The minimum absolute atomic E-state index is 0.887. The van der Waals surface area contributed by atoms with E-state index in [1.165, 1.54) is 24.8 Å². The van der Waals surface area contributed by atoms with Crippen molar-refractivity contribution in [2.45, 2.75) is 25.3 Å². The van der Waals surface area contributed by atoms with E-state index in [0.29, 0.717) is 0 Å². The van der Waals surface area contributed by atoms with Gasteiger partial charge in [-0.05, 0) is 46.8 Å². The molecule has 4 heteroatoms. The summed E-state index contributed by atoms with van der Waals surface area (Å²) in [5, 5.41) is 3.52. The van der Waals surface area contributed by atoms with Crippen molar-refractivity contribution in [1.29, 1.82) is 0 Å². The van der Waals surface area contributed by atoms with Gasteiger partial charge in [0.05, 0.1) is 0 Å². The van der Waals surface area contributed by atoms with Crippen LogP contribution in [0.3, 0.4) is 0 Å². The summed E-state index contributed by atoms with van der Waals surface area (Å²) in [4.78, 5) is 4.02. The Bertz CT molecular complexity index is 503. The second kappa shape index (κ2) is 6.64. The van der Waals surface area contributed by atoms with Gasteiger partial charge in [-0.1, -0.05) is 19.1 Å². The molecule has 0 spiro atoms. The molecule has 0 aliphatic heterocycles. The van der Waals surface area contributed by atoms with E-state index in [1.54, 1.807) is 0 Å². The second-order valence-electron chi connectivity index (χ2n) is 3.90. The number of thioether (sulfide) groups is 1. The molecule has 1 N–H and O–H groups in total. The molecule has 0 atom stereocenters. The smallest absolute Gasteiger partial charge is 0.0495 e. The second-order valence-corrected chi connectivity index (χ2v) is 7.40. The Labute approximate surface area is 125 Å². The lowest BCUT2D eigenvalue weighted by atomic mass is 10.3. The molecule has 2 rings (SSSR count). The van der Waals surface area contributed by atoms with Crippen LogP contribution in [0, 0.1) is 6.92 Å². The monoisotopic (exact) mass is 341 g/mol. The molecule has 0 aliphatic carbocycles. The lowest BCUT2D eigenvalue weighted by molar-refractivity contribution is 1.17. The molecule has 0 saturated carbocycles. The standard InChI is InChI=1S/C14H16BrNS2/c1-3-17-14-7-5-4-6-13(14)16-9-11-8-12(15)10(2)18-11/h4-8,16H,3,9H2,1-2H3. The third-order valence-electron chi connectivity index (χ3n) is 2.55. The molecule has 18 heavy (non-hydrogen) atoms. The van der Waals surface area contributed by atoms with Crippen LogP contribution in [-0.4, -0.2) is 5.75 Å². The van der Waals surface area contributed by atoms with Crippen molar-refractivity contribution >= 4 is 44.7 Å². The number of benzene rings is 1. The summed E-state index contributed by atoms with van der Waals surface area (Å²) in [6, 6.07) is 10.7. The van der Waals surface area contributed by atoms with Gasteiger partial charge >= 0.3 is 0 Å². The lowest BCUT2D eigenvalue weighted by Gasteiger charge is -2.09. The van der Waals surface area contributed by atoms with Gasteiger partial charge in [-0.15, -0.1) is 23.1 Å². The molecule has 0 bridgehead atoms. The zero-order valence-corrected chi connectivity index (χ0v) is 13.7. The molecule has 0 saturated heterocycles. The van der Waals surface area contributed by atoms with E-state index in [4.69, 9.17) is 0 Å². The molecule has 0 amide bonds. The number of aryl methyl sites for hydroxylation is 1. The Morgan fingerprint density at radius 3 is 2.78 bits per heavy atom. The minimum Gasteiger partial charge on any atom is -0.379 e. The number of para-hydroxylation sites is 1. The maximum atomic E-state index is 3.56. The zero-order valence-electron chi connectivity index (χ0n) is 10.5. The number of anilines is 1. The molecule has 1 aromatic heterocycles. The summed E-state index contributed by atoms with van der Waals surface area (Å²) in [6.45, 7) is 5.21. The lowest BCUT2D eigenvalue weighted by Crippen LogP contribution is -1.98. The van der Waals surface area contributed by atoms with E-state index >= 15 is 0 Å². The van der Waals surface area contributed by atoms with E-state index in [1.807, 2.05) is 23.1 Å². The normalized spacial score (nSPS) is 10.6. The molecule has 2 aromatic rings. The Balaban J connectivity index is 2.05. The van der Waals surface area contributed by atoms with Gasteiger partial charge in [0.15, 0.2) is 0 Å². The molecular weight excluding hydrogens is 326 g/mol. The Kier molecular flexibility index (Phi) is 5.15. The maximum Gasteiger partial charge on any atom is 0.0495 e. The fourth-order valence-electron chi connectivity index (χ4n) is 1.68. The van der Waals surface area contributed by atoms with Crippen molar-refractivity contribution in [2.24, 2.45) is 0 Å². The first-order chi connectivity index (χ1) is 8.70. The molecule has 0 aliphatic rings. The molecule has 1 aromatic carbocycles. The van der Waals surface area contributed by atoms with Crippen LogP contribution < -0.4 is 5.32 Å². The largest absolute Gasteiger partial charge is 0.379 e. The highest BCUT2D eigenvalue weighted by Gasteiger charge is 2.04. The zero-order chi connectivity index (χ0) is 13.0. The van der Waals surface area contributed by atoms with Crippen LogP contribution in [0.1, 0.15) is 16.7 Å². The van der Waals surface area contributed by atoms with Crippen molar-refractivity contribution < 1.29 is 0 Å². The average Bonchev–Trinajstić information content (AvgIpc) is 2.68. The van der Waals surface area contributed by atoms with Gasteiger partial charge in [-0.3, -0.25) is 0 Å². The quantitative estimate of drug-likeness (QED) is 0.716. The third-order valence-corrected chi connectivity index (χ3v) is 5.64. The van der Waals surface area contributed by atoms with Crippen molar-refractivity contribution in [3.8, 4) is 0 Å². The molecule has 0 fully saturated rings. The number of nitrogens with one attached hydrogen (secondary N) is 1. The van der Waals surface area contributed by atoms with Crippen LogP contribution in [0.25, 0.3) is 0 Å². The summed E-state index contributed by atoms with van der Waals surface area (Å²) in [5.41, 5.74) is 1.23. The predicted molar refractivity (Wildman–Crippen MR) is 86.9 cm³/mol.